The van der Waals surface area contributed by atoms with E-state index in [9.17, 15) is 25.9 Å². The molecule has 0 heterocycles. The van der Waals surface area contributed by atoms with Gasteiger partial charge in [0.2, 0.25) is 0 Å². The smallest absolute Gasteiger partial charge is 0.145 e. The predicted molar refractivity (Wildman–Crippen MR) is 87.0 cm³/mol. The molecule has 11 heteroatoms. The third-order valence-electron chi connectivity index (χ3n) is 2.98. The lowest BCUT2D eigenvalue weighted by atomic mass is 10.2. The molecule has 9 nitrogen and oxygen atoms in total. The van der Waals surface area contributed by atoms with E-state index in [2.05, 4.69) is 11.5 Å². The lowest BCUT2D eigenvalue weighted by Crippen LogP contribution is -2.41. The van der Waals surface area contributed by atoms with Crippen LogP contribution in [-0.4, -0.2) is 31.4 Å². The Labute approximate surface area is 146 Å². The van der Waals surface area contributed by atoms with Crippen molar-refractivity contribution in [2.24, 2.45) is 0 Å². The summed E-state index contributed by atoms with van der Waals surface area (Å²) in [7, 11) is -8.74. The topological polar surface area (TPSA) is 201 Å². The van der Waals surface area contributed by atoms with Crippen molar-refractivity contribution in [1.29, 1.82) is 0 Å². The van der Waals surface area contributed by atoms with Gasteiger partial charge < -0.3 is 26.0 Å². The Bertz CT molecular complexity index is 876. The van der Waals surface area contributed by atoms with Crippen molar-refractivity contribution < 1.29 is 42.9 Å². The highest BCUT2D eigenvalue weighted by Crippen LogP contribution is 2.18. The maximum atomic E-state index is 10.6. The monoisotopic (exact) mass is 392 g/mol. The van der Waals surface area contributed by atoms with E-state index in [0.29, 0.717) is 0 Å². The van der Waals surface area contributed by atoms with Crippen molar-refractivity contribution in [3.8, 4) is 0 Å². The molecule has 0 saturated carbocycles. The highest BCUT2D eigenvalue weighted by molar-refractivity contribution is 7.86. The Hall–Kier alpha value is -1.86. The number of benzene rings is 2. The van der Waals surface area contributed by atoms with Crippen LogP contribution in [0.25, 0.3) is 0 Å². The molecule has 8 N–H and O–H groups in total. The van der Waals surface area contributed by atoms with E-state index in [1.165, 1.54) is 24.3 Å². The van der Waals surface area contributed by atoms with Crippen molar-refractivity contribution in [2.75, 3.05) is 0 Å². The second-order valence-corrected chi connectivity index (χ2v) is 7.83. The molecule has 0 aliphatic carbocycles. The van der Waals surface area contributed by atoms with Gasteiger partial charge in [0.05, 0.1) is 0 Å². The summed E-state index contributed by atoms with van der Waals surface area (Å²) < 4.78 is 63.7. The fourth-order valence-electron chi connectivity index (χ4n) is 1.79. The van der Waals surface area contributed by atoms with E-state index in [1.54, 1.807) is 26.0 Å². The lowest BCUT2D eigenvalue weighted by Gasteiger charge is -2.07. The molecule has 0 atom stereocenters. The van der Waals surface area contributed by atoms with E-state index >= 15 is 0 Å². The van der Waals surface area contributed by atoms with Gasteiger partial charge in [0.15, 0.2) is 0 Å². The maximum absolute atomic E-state index is 10.6. The Morgan fingerprint density at radius 2 is 1.00 bits per heavy atom. The average Bonchev–Trinajstić information content (AvgIpc) is 2.42. The zero-order valence-electron chi connectivity index (χ0n) is 13.6. The molecule has 2 aromatic rings. The van der Waals surface area contributed by atoms with Crippen molar-refractivity contribution in [3.05, 3.63) is 47.5 Å². The molecule has 0 unspecified atom stereocenters. The molecular weight excluding hydrogens is 372 g/mol. The first-order valence-electron chi connectivity index (χ1n) is 6.59. The zero-order chi connectivity index (χ0) is 18.7. The quantitative estimate of drug-likeness (QED) is 0.595. The van der Waals surface area contributed by atoms with E-state index < -0.39 is 20.2 Å². The summed E-state index contributed by atoms with van der Waals surface area (Å²) >= 11 is 0. The van der Waals surface area contributed by atoms with Gasteiger partial charge in [-0.1, -0.05) is 12.1 Å². The lowest BCUT2D eigenvalue weighted by molar-refractivity contribution is -0.259. The highest BCUT2D eigenvalue weighted by atomic mass is 32.2. The molecule has 0 saturated heterocycles. The fourth-order valence-corrected chi connectivity index (χ4v) is 3.23. The van der Waals surface area contributed by atoms with Gasteiger partial charge in [-0.05, 0) is 37.1 Å². The SMILES string of the molecule is Cc1ccc([NH3+])c(S(=O)(=O)[O-])c1.Cc1ccc([NH3+])c(S(=O)(=O)[O-])c1.O. The van der Waals surface area contributed by atoms with E-state index in [4.69, 9.17) is 0 Å². The molecular formula is C14H20N2O7S2. The molecule has 0 radical (unpaired) electrons. The molecule has 0 spiro atoms. The summed E-state index contributed by atoms with van der Waals surface area (Å²) in [5.74, 6) is 0. The molecule has 0 bridgehead atoms. The summed E-state index contributed by atoms with van der Waals surface area (Å²) in [6.07, 6.45) is 0. The van der Waals surface area contributed by atoms with Gasteiger partial charge >= 0.3 is 0 Å². The number of aryl methyl sites for hydroxylation is 2. The number of hydrogen-bond acceptors (Lipinski definition) is 6. The van der Waals surface area contributed by atoms with Crippen LogP contribution in [0.2, 0.25) is 0 Å². The minimum absolute atomic E-state index is 0. The van der Waals surface area contributed by atoms with E-state index in [0.717, 1.165) is 11.1 Å². The highest BCUT2D eigenvalue weighted by Gasteiger charge is 2.09. The first-order valence-corrected chi connectivity index (χ1v) is 9.41. The van der Waals surface area contributed by atoms with Gasteiger partial charge in [0, 0.05) is 12.1 Å². The molecule has 2 aromatic carbocycles. The molecule has 0 amide bonds. The van der Waals surface area contributed by atoms with Crippen molar-refractivity contribution >= 4 is 31.6 Å². The molecule has 2 rings (SSSR count). The molecule has 25 heavy (non-hydrogen) atoms. The van der Waals surface area contributed by atoms with E-state index in [1.807, 2.05) is 0 Å². The van der Waals surface area contributed by atoms with Crippen LogP contribution in [0.4, 0.5) is 11.4 Å². The molecule has 140 valence electrons. The van der Waals surface area contributed by atoms with Crippen molar-refractivity contribution in [3.63, 3.8) is 0 Å². The minimum atomic E-state index is -4.37. The Morgan fingerprint density at radius 1 is 0.720 bits per heavy atom. The summed E-state index contributed by atoms with van der Waals surface area (Å²) in [5, 5.41) is 0. The Balaban J connectivity index is 0.000000443. The largest absolute Gasteiger partial charge is 0.744 e. The maximum Gasteiger partial charge on any atom is 0.145 e. The third-order valence-corrected chi connectivity index (χ3v) is 4.82. The zero-order valence-corrected chi connectivity index (χ0v) is 15.3. The van der Waals surface area contributed by atoms with Crippen LogP contribution in [0.3, 0.4) is 0 Å². The normalized spacial score (nSPS) is 11.1. The molecule has 0 fully saturated rings. The number of hydrogen-bond donors (Lipinski definition) is 2. The van der Waals surface area contributed by atoms with Gasteiger partial charge in [-0.15, -0.1) is 0 Å². The van der Waals surface area contributed by atoms with Crippen LogP contribution < -0.4 is 11.5 Å². The number of quaternary nitrogens is 2. The van der Waals surface area contributed by atoms with Crippen LogP contribution >= 0.6 is 0 Å². The van der Waals surface area contributed by atoms with E-state index in [-0.39, 0.29) is 26.6 Å². The molecule has 0 aliphatic heterocycles. The number of rotatable bonds is 2. The summed E-state index contributed by atoms with van der Waals surface area (Å²) in [6, 6.07) is 9.09. The molecule has 0 aliphatic rings. The summed E-state index contributed by atoms with van der Waals surface area (Å²) in [5.41, 5.74) is 8.86. The first-order chi connectivity index (χ1) is 10.8. The van der Waals surface area contributed by atoms with Gasteiger partial charge in [-0.25, -0.2) is 16.8 Å². The first kappa shape index (κ1) is 23.1. The van der Waals surface area contributed by atoms with Crippen LogP contribution in [0, 0.1) is 13.8 Å². The standard InChI is InChI=1S/2C7H9NO3S.H2O/c2*1-5-2-3-6(8)7(4-5)12(9,10)11;/h2*2-4H,8H2,1H3,(H,9,10,11);1H2. The second kappa shape index (κ2) is 8.49. The minimum Gasteiger partial charge on any atom is -0.744 e. The third kappa shape index (κ3) is 6.88. The summed E-state index contributed by atoms with van der Waals surface area (Å²) in [6.45, 7) is 3.43. The van der Waals surface area contributed by atoms with Crippen LogP contribution in [0.1, 0.15) is 11.1 Å². The van der Waals surface area contributed by atoms with Crippen LogP contribution in [0.15, 0.2) is 46.2 Å². The Kier molecular flexibility index (Phi) is 7.86. The van der Waals surface area contributed by atoms with Gasteiger partial charge in [-0.2, -0.15) is 0 Å². The van der Waals surface area contributed by atoms with Gasteiger partial charge in [0.1, 0.15) is 41.4 Å². The van der Waals surface area contributed by atoms with Gasteiger partial charge in [0.25, 0.3) is 0 Å². The Morgan fingerprint density at radius 3 is 1.20 bits per heavy atom. The summed E-state index contributed by atoms with van der Waals surface area (Å²) in [4.78, 5) is -0.468. The van der Waals surface area contributed by atoms with Gasteiger partial charge in [-0.3, -0.25) is 0 Å². The predicted octanol–water partition coefficient (Wildman–Crippen LogP) is -1.28. The van der Waals surface area contributed by atoms with Crippen molar-refractivity contribution in [1.82, 2.24) is 0 Å². The van der Waals surface area contributed by atoms with Crippen LogP contribution in [-0.2, 0) is 20.2 Å². The average molecular weight is 392 g/mol. The van der Waals surface area contributed by atoms with Crippen LogP contribution in [0.5, 0.6) is 0 Å². The fraction of sp³-hybridized carbons (Fsp3) is 0.143. The van der Waals surface area contributed by atoms with Crippen molar-refractivity contribution in [2.45, 2.75) is 23.6 Å². The molecule has 0 aromatic heterocycles. The second-order valence-electron chi connectivity index (χ2n) is 5.13.